The van der Waals surface area contributed by atoms with Gasteiger partial charge in [0.25, 0.3) is 0 Å². The van der Waals surface area contributed by atoms with E-state index in [-0.39, 0.29) is 11.9 Å². The molecule has 0 amide bonds. The van der Waals surface area contributed by atoms with Crippen LogP contribution in [0.1, 0.15) is 24.4 Å². The molecule has 20 heavy (non-hydrogen) atoms. The Morgan fingerprint density at radius 1 is 1.15 bits per heavy atom. The molecule has 0 saturated heterocycles. The number of fused-ring (bicyclic) bond motifs is 1. The molecular formula is C16H16FN3. The first-order valence-electron chi connectivity index (χ1n) is 6.67. The molecule has 2 N–H and O–H groups in total. The van der Waals surface area contributed by atoms with E-state index in [0.717, 1.165) is 11.1 Å². The Bertz CT molecular complexity index is 734. The average molecular weight is 269 g/mol. The van der Waals surface area contributed by atoms with Crippen molar-refractivity contribution in [3.8, 4) is 0 Å². The van der Waals surface area contributed by atoms with Gasteiger partial charge in [-0.05, 0) is 24.6 Å². The Labute approximate surface area is 116 Å². The molecule has 102 valence electrons. The van der Waals surface area contributed by atoms with Crippen LogP contribution in [0.2, 0.25) is 0 Å². The predicted octanol–water partition coefficient (Wildman–Crippen LogP) is 3.24. The van der Waals surface area contributed by atoms with Crippen LogP contribution in [0.4, 0.5) is 4.39 Å². The van der Waals surface area contributed by atoms with Gasteiger partial charge in [-0.15, -0.1) is 0 Å². The first-order valence-corrected chi connectivity index (χ1v) is 6.67. The van der Waals surface area contributed by atoms with Crippen LogP contribution >= 0.6 is 0 Å². The molecule has 3 nitrogen and oxygen atoms in total. The van der Waals surface area contributed by atoms with Crippen LogP contribution < -0.4 is 5.73 Å². The summed E-state index contributed by atoms with van der Waals surface area (Å²) < 4.78 is 15.8. The zero-order chi connectivity index (χ0) is 14.1. The summed E-state index contributed by atoms with van der Waals surface area (Å²) in [5.41, 5.74) is 8.44. The van der Waals surface area contributed by atoms with Gasteiger partial charge in [0, 0.05) is 6.54 Å². The molecule has 0 spiro atoms. The van der Waals surface area contributed by atoms with E-state index < -0.39 is 0 Å². The van der Waals surface area contributed by atoms with Crippen LogP contribution in [0.25, 0.3) is 11.0 Å². The van der Waals surface area contributed by atoms with Gasteiger partial charge in [0.05, 0.1) is 11.6 Å². The molecule has 1 heterocycles. The van der Waals surface area contributed by atoms with Crippen molar-refractivity contribution in [1.82, 2.24) is 9.55 Å². The van der Waals surface area contributed by atoms with Gasteiger partial charge in [-0.2, -0.15) is 0 Å². The van der Waals surface area contributed by atoms with Gasteiger partial charge in [0.1, 0.15) is 11.3 Å². The van der Waals surface area contributed by atoms with Crippen molar-refractivity contribution in [2.45, 2.75) is 19.5 Å². The normalized spacial score (nSPS) is 12.8. The van der Waals surface area contributed by atoms with Gasteiger partial charge >= 0.3 is 0 Å². The van der Waals surface area contributed by atoms with Crippen LogP contribution in [-0.2, 0) is 6.54 Å². The Morgan fingerprint density at radius 2 is 1.90 bits per heavy atom. The highest BCUT2D eigenvalue weighted by molar-refractivity contribution is 5.77. The first-order chi connectivity index (χ1) is 9.72. The third kappa shape index (κ3) is 1.98. The Hall–Kier alpha value is -2.20. The van der Waals surface area contributed by atoms with Crippen LogP contribution in [-0.4, -0.2) is 9.55 Å². The van der Waals surface area contributed by atoms with Gasteiger partial charge < -0.3 is 10.3 Å². The van der Waals surface area contributed by atoms with E-state index in [1.807, 2.05) is 47.9 Å². The maximum absolute atomic E-state index is 13.9. The van der Waals surface area contributed by atoms with Crippen LogP contribution in [0.5, 0.6) is 0 Å². The molecule has 2 aromatic carbocycles. The second kappa shape index (κ2) is 5.06. The summed E-state index contributed by atoms with van der Waals surface area (Å²) in [6, 6.07) is 14.4. The lowest BCUT2D eigenvalue weighted by atomic mass is 10.1. The molecule has 1 atom stereocenters. The number of aryl methyl sites for hydroxylation is 1. The number of aromatic nitrogens is 2. The van der Waals surface area contributed by atoms with Crippen molar-refractivity contribution in [2.75, 3.05) is 0 Å². The molecule has 0 aliphatic rings. The van der Waals surface area contributed by atoms with E-state index in [1.54, 1.807) is 6.07 Å². The molecule has 1 aromatic heterocycles. The lowest BCUT2D eigenvalue weighted by Gasteiger charge is -2.13. The fourth-order valence-corrected chi connectivity index (χ4v) is 2.51. The molecular weight excluding hydrogens is 253 g/mol. The second-order valence-corrected chi connectivity index (χ2v) is 4.71. The summed E-state index contributed by atoms with van der Waals surface area (Å²) >= 11 is 0. The summed E-state index contributed by atoms with van der Waals surface area (Å²) in [6.07, 6.45) is 0. The van der Waals surface area contributed by atoms with Gasteiger partial charge in [0.2, 0.25) is 0 Å². The number of hydrogen-bond donors (Lipinski definition) is 1. The van der Waals surface area contributed by atoms with E-state index in [0.29, 0.717) is 17.9 Å². The maximum atomic E-state index is 13.9. The molecule has 0 fully saturated rings. The number of benzene rings is 2. The molecule has 4 heteroatoms. The minimum absolute atomic E-state index is 0.309. The van der Waals surface area contributed by atoms with Gasteiger partial charge in [-0.1, -0.05) is 36.4 Å². The number of nitrogens with zero attached hydrogens (tertiary/aromatic N) is 2. The Kier molecular flexibility index (Phi) is 3.24. The van der Waals surface area contributed by atoms with Crippen LogP contribution in [0.15, 0.2) is 48.5 Å². The summed E-state index contributed by atoms with van der Waals surface area (Å²) in [5, 5.41) is 0. The smallest absolute Gasteiger partial charge is 0.151 e. The predicted molar refractivity (Wildman–Crippen MR) is 77.8 cm³/mol. The number of imidazole rings is 1. The average Bonchev–Trinajstić information content (AvgIpc) is 2.87. The lowest BCUT2D eigenvalue weighted by Crippen LogP contribution is -2.17. The highest BCUT2D eigenvalue weighted by Gasteiger charge is 2.19. The highest BCUT2D eigenvalue weighted by atomic mass is 19.1. The highest BCUT2D eigenvalue weighted by Crippen LogP contribution is 2.25. The minimum atomic E-state index is -0.358. The standard InChI is InChI=1S/C16H16FN3/c1-2-20-13-10-6-9-12(17)15(13)19-16(20)14(18)11-7-4-3-5-8-11/h3-10,14H,2,18H2,1H3. The summed E-state index contributed by atoms with van der Waals surface area (Å²) in [5.74, 6) is 0.384. The molecule has 0 bridgehead atoms. The molecule has 0 aliphatic heterocycles. The van der Waals surface area contributed by atoms with Gasteiger partial charge in [-0.25, -0.2) is 9.37 Å². The molecule has 0 radical (unpaired) electrons. The van der Waals surface area contributed by atoms with Crippen molar-refractivity contribution in [3.63, 3.8) is 0 Å². The molecule has 3 aromatic rings. The SMILES string of the molecule is CCn1c(C(N)c2ccccc2)nc2c(F)cccc21. The first kappa shape index (κ1) is 12.8. The molecule has 0 saturated carbocycles. The fraction of sp³-hybridized carbons (Fsp3) is 0.188. The number of hydrogen-bond acceptors (Lipinski definition) is 2. The summed E-state index contributed by atoms with van der Waals surface area (Å²) in [4.78, 5) is 4.42. The topological polar surface area (TPSA) is 43.8 Å². The van der Waals surface area contributed by atoms with E-state index in [9.17, 15) is 4.39 Å². The van der Waals surface area contributed by atoms with Crippen molar-refractivity contribution in [1.29, 1.82) is 0 Å². The van der Waals surface area contributed by atoms with Crippen LogP contribution in [0, 0.1) is 5.82 Å². The monoisotopic (exact) mass is 269 g/mol. The summed E-state index contributed by atoms with van der Waals surface area (Å²) in [7, 11) is 0. The van der Waals surface area contributed by atoms with E-state index in [2.05, 4.69) is 4.98 Å². The number of halogens is 1. The fourth-order valence-electron chi connectivity index (χ4n) is 2.51. The molecule has 3 rings (SSSR count). The van der Waals surface area contributed by atoms with E-state index in [1.165, 1.54) is 6.07 Å². The van der Waals surface area contributed by atoms with Gasteiger partial charge in [-0.3, -0.25) is 0 Å². The van der Waals surface area contributed by atoms with Gasteiger partial charge in [0.15, 0.2) is 5.82 Å². The zero-order valence-electron chi connectivity index (χ0n) is 11.3. The van der Waals surface area contributed by atoms with Crippen LogP contribution in [0.3, 0.4) is 0 Å². The number of para-hydroxylation sites is 1. The maximum Gasteiger partial charge on any atom is 0.151 e. The summed E-state index contributed by atoms with van der Waals surface area (Å²) in [6.45, 7) is 2.71. The number of nitrogens with two attached hydrogens (primary N) is 1. The Morgan fingerprint density at radius 3 is 2.60 bits per heavy atom. The number of rotatable bonds is 3. The molecule has 1 unspecified atom stereocenters. The quantitative estimate of drug-likeness (QED) is 0.793. The minimum Gasteiger partial charge on any atom is -0.327 e. The third-order valence-electron chi connectivity index (χ3n) is 3.51. The largest absolute Gasteiger partial charge is 0.327 e. The zero-order valence-corrected chi connectivity index (χ0v) is 11.3. The second-order valence-electron chi connectivity index (χ2n) is 4.71. The van der Waals surface area contributed by atoms with Crippen molar-refractivity contribution in [2.24, 2.45) is 5.73 Å². The Balaban J connectivity index is 2.19. The van der Waals surface area contributed by atoms with Crippen molar-refractivity contribution in [3.05, 3.63) is 65.7 Å². The third-order valence-corrected chi connectivity index (χ3v) is 3.51. The van der Waals surface area contributed by atoms with E-state index >= 15 is 0 Å². The van der Waals surface area contributed by atoms with E-state index in [4.69, 9.17) is 5.73 Å². The molecule has 0 aliphatic carbocycles. The van der Waals surface area contributed by atoms with Crippen molar-refractivity contribution >= 4 is 11.0 Å². The lowest BCUT2D eigenvalue weighted by molar-refractivity contribution is 0.636. The van der Waals surface area contributed by atoms with Crippen molar-refractivity contribution < 1.29 is 4.39 Å².